The number of esters is 1. The first-order valence-corrected chi connectivity index (χ1v) is 7.83. The fourth-order valence-corrected chi connectivity index (χ4v) is 3.03. The highest BCUT2D eigenvalue weighted by Gasteiger charge is 2.37. The number of primary sulfonamides is 1. The van der Waals surface area contributed by atoms with E-state index in [9.17, 15) is 13.2 Å². The molecule has 2 aliphatic rings. The number of hydrogen-bond donors (Lipinski definition) is 2. The lowest BCUT2D eigenvalue weighted by molar-refractivity contribution is 0.00794. The average Bonchev–Trinajstić information content (AvgIpc) is 3.00. The molecule has 19 heavy (non-hydrogen) atoms. The number of ether oxygens (including phenoxy) is 1. The molecule has 1 aromatic heterocycles. The Morgan fingerprint density at radius 2 is 2.00 bits per heavy atom. The van der Waals surface area contributed by atoms with Crippen LogP contribution in [0.5, 0.6) is 0 Å². The van der Waals surface area contributed by atoms with Gasteiger partial charge in [-0.2, -0.15) is 5.10 Å². The van der Waals surface area contributed by atoms with Crippen molar-refractivity contribution in [1.82, 2.24) is 10.2 Å². The van der Waals surface area contributed by atoms with Crippen molar-refractivity contribution >= 4 is 16.0 Å². The maximum Gasteiger partial charge on any atom is 0.360 e. The SMILES string of the molecule is NS(=O)(=O)c1c(C(=O)OC2CCC2)n[nH]c1C1CC1. The summed E-state index contributed by atoms with van der Waals surface area (Å²) in [4.78, 5) is 11.8. The second-order valence-corrected chi connectivity index (χ2v) is 6.59. The number of nitrogens with zero attached hydrogens (tertiary/aromatic N) is 1. The van der Waals surface area contributed by atoms with Crippen LogP contribution in [0, 0.1) is 0 Å². The zero-order valence-electron chi connectivity index (χ0n) is 10.3. The summed E-state index contributed by atoms with van der Waals surface area (Å²) in [6, 6.07) is 0. The Labute approximate surface area is 110 Å². The molecule has 8 heteroatoms. The van der Waals surface area contributed by atoms with Crippen LogP contribution in [-0.2, 0) is 14.8 Å². The maximum atomic E-state index is 11.9. The van der Waals surface area contributed by atoms with E-state index in [-0.39, 0.29) is 22.6 Å². The van der Waals surface area contributed by atoms with Crippen molar-refractivity contribution in [3.05, 3.63) is 11.4 Å². The Morgan fingerprint density at radius 1 is 1.32 bits per heavy atom. The van der Waals surface area contributed by atoms with Crippen LogP contribution in [0.3, 0.4) is 0 Å². The molecule has 0 amide bonds. The molecule has 3 rings (SSSR count). The summed E-state index contributed by atoms with van der Waals surface area (Å²) in [5.41, 5.74) is 0.222. The minimum Gasteiger partial charge on any atom is -0.458 e. The van der Waals surface area contributed by atoms with Gasteiger partial charge in [-0.05, 0) is 32.1 Å². The molecule has 0 bridgehead atoms. The van der Waals surface area contributed by atoms with Crippen molar-refractivity contribution in [2.24, 2.45) is 5.14 Å². The fraction of sp³-hybridized carbons (Fsp3) is 0.636. The Kier molecular flexibility index (Phi) is 2.86. The molecule has 1 heterocycles. The number of H-pyrrole nitrogens is 1. The highest BCUT2D eigenvalue weighted by atomic mass is 32.2. The summed E-state index contributed by atoms with van der Waals surface area (Å²) in [6.45, 7) is 0. The standard InChI is InChI=1S/C11H15N3O4S/c12-19(16,17)10-8(6-4-5-6)13-14-9(10)11(15)18-7-2-1-3-7/h6-7H,1-5H2,(H,13,14)(H2,12,16,17). The predicted octanol–water partition coefficient (Wildman–Crippen LogP) is 0.644. The first-order valence-electron chi connectivity index (χ1n) is 6.29. The zero-order chi connectivity index (χ0) is 13.6. The predicted molar refractivity (Wildman–Crippen MR) is 65.0 cm³/mol. The smallest absolute Gasteiger partial charge is 0.360 e. The lowest BCUT2D eigenvalue weighted by atomic mass is 9.96. The third-order valence-corrected chi connectivity index (χ3v) is 4.52. The van der Waals surface area contributed by atoms with Crippen molar-refractivity contribution in [2.45, 2.75) is 49.0 Å². The summed E-state index contributed by atoms with van der Waals surface area (Å²) in [5.74, 6) is -0.608. The fourth-order valence-electron chi connectivity index (χ4n) is 2.12. The van der Waals surface area contributed by atoms with E-state index in [1.807, 2.05) is 0 Å². The van der Waals surface area contributed by atoms with Gasteiger partial charge in [-0.3, -0.25) is 5.10 Å². The second-order valence-electron chi connectivity index (χ2n) is 5.09. The third-order valence-electron chi connectivity index (χ3n) is 3.54. The molecule has 0 atom stereocenters. The van der Waals surface area contributed by atoms with E-state index in [0.717, 1.165) is 32.1 Å². The van der Waals surface area contributed by atoms with Crippen LogP contribution < -0.4 is 5.14 Å². The maximum absolute atomic E-state index is 11.9. The van der Waals surface area contributed by atoms with Gasteiger partial charge in [0, 0.05) is 5.92 Å². The molecule has 2 saturated carbocycles. The quantitative estimate of drug-likeness (QED) is 0.788. The number of carbonyl (C=O) groups excluding carboxylic acids is 1. The summed E-state index contributed by atoms with van der Waals surface area (Å²) in [7, 11) is -3.99. The van der Waals surface area contributed by atoms with Gasteiger partial charge < -0.3 is 4.74 Å². The van der Waals surface area contributed by atoms with Crippen molar-refractivity contribution in [3.63, 3.8) is 0 Å². The van der Waals surface area contributed by atoms with Crippen LogP contribution in [0.25, 0.3) is 0 Å². The van der Waals surface area contributed by atoms with E-state index in [1.54, 1.807) is 0 Å². The molecular weight excluding hydrogens is 270 g/mol. The van der Waals surface area contributed by atoms with Gasteiger partial charge in [0.05, 0.1) is 5.69 Å². The number of nitrogens with one attached hydrogen (secondary N) is 1. The van der Waals surface area contributed by atoms with Crippen LogP contribution >= 0.6 is 0 Å². The molecule has 2 fully saturated rings. The summed E-state index contributed by atoms with van der Waals surface area (Å²) in [5, 5.41) is 11.6. The molecule has 0 spiro atoms. The van der Waals surface area contributed by atoms with E-state index in [0.29, 0.717) is 5.69 Å². The van der Waals surface area contributed by atoms with E-state index >= 15 is 0 Å². The monoisotopic (exact) mass is 285 g/mol. The molecule has 0 aliphatic heterocycles. The van der Waals surface area contributed by atoms with Gasteiger partial charge in [0.1, 0.15) is 11.0 Å². The molecule has 0 unspecified atom stereocenters. The Bertz CT molecular complexity index is 614. The van der Waals surface area contributed by atoms with Gasteiger partial charge >= 0.3 is 5.97 Å². The van der Waals surface area contributed by atoms with Gasteiger partial charge in [-0.1, -0.05) is 0 Å². The van der Waals surface area contributed by atoms with Crippen LogP contribution in [0.4, 0.5) is 0 Å². The lowest BCUT2D eigenvalue weighted by Gasteiger charge is -2.24. The van der Waals surface area contributed by atoms with E-state index in [1.165, 1.54) is 0 Å². The average molecular weight is 285 g/mol. The molecule has 0 saturated heterocycles. The highest BCUT2D eigenvalue weighted by molar-refractivity contribution is 7.89. The summed E-state index contributed by atoms with van der Waals surface area (Å²) < 4.78 is 28.5. The van der Waals surface area contributed by atoms with Crippen LogP contribution in [-0.4, -0.2) is 30.7 Å². The first-order chi connectivity index (χ1) is 8.97. The zero-order valence-corrected chi connectivity index (χ0v) is 11.1. The van der Waals surface area contributed by atoms with Crippen LogP contribution in [0.1, 0.15) is 54.2 Å². The van der Waals surface area contributed by atoms with Gasteiger partial charge in [-0.15, -0.1) is 0 Å². The van der Waals surface area contributed by atoms with E-state index in [2.05, 4.69) is 10.2 Å². The number of hydrogen-bond acceptors (Lipinski definition) is 5. The molecule has 2 aliphatic carbocycles. The topological polar surface area (TPSA) is 115 Å². The van der Waals surface area contributed by atoms with Crippen molar-refractivity contribution in [2.75, 3.05) is 0 Å². The van der Waals surface area contributed by atoms with Crippen LogP contribution in [0.2, 0.25) is 0 Å². The Balaban J connectivity index is 1.93. The number of rotatable bonds is 4. The molecule has 7 nitrogen and oxygen atoms in total. The molecule has 3 N–H and O–H groups in total. The summed E-state index contributed by atoms with van der Waals surface area (Å²) in [6.07, 6.45) is 4.28. The van der Waals surface area contributed by atoms with Crippen molar-refractivity contribution in [1.29, 1.82) is 0 Å². The molecular formula is C11H15N3O4S. The molecule has 0 radical (unpaired) electrons. The molecule has 0 aromatic carbocycles. The Hall–Kier alpha value is -1.41. The molecule has 1 aromatic rings. The normalized spacial score (nSPS) is 20.1. The van der Waals surface area contributed by atoms with Gasteiger partial charge in [0.25, 0.3) is 0 Å². The minimum atomic E-state index is -3.99. The highest BCUT2D eigenvalue weighted by Crippen LogP contribution is 2.42. The molecule has 104 valence electrons. The van der Waals surface area contributed by atoms with Crippen molar-refractivity contribution in [3.8, 4) is 0 Å². The number of carbonyl (C=O) groups is 1. The minimum absolute atomic E-state index is 0.103. The Morgan fingerprint density at radius 3 is 2.47 bits per heavy atom. The largest absolute Gasteiger partial charge is 0.458 e. The van der Waals surface area contributed by atoms with Crippen molar-refractivity contribution < 1.29 is 17.9 Å². The number of aromatic nitrogens is 2. The van der Waals surface area contributed by atoms with E-state index < -0.39 is 16.0 Å². The number of sulfonamides is 1. The second kappa shape index (κ2) is 4.31. The number of aromatic amines is 1. The summed E-state index contributed by atoms with van der Waals surface area (Å²) >= 11 is 0. The number of nitrogens with two attached hydrogens (primary N) is 1. The van der Waals surface area contributed by atoms with Gasteiger partial charge in [0.15, 0.2) is 5.69 Å². The third kappa shape index (κ3) is 2.37. The van der Waals surface area contributed by atoms with Gasteiger partial charge in [-0.25, -0.2) is 18.4 Å². The van der Waals surface area contributed by atoms with Gasteiger partial charge in [0.2, 0.25) is 10.0 Å². The first kappa shape index (κ1) is 12.6. The van der Waals surface area contributed by atoms with E-state index in [4.69, 9.17) is 9.88 Å². The van der Waals surface area contributed by atoms with Crippen LogP contribution in [0.15, 0.2) is 4.90 Å². The lowest BCUT2D eigenvalue weighted by Crippen LogP contribution is -2.26.